The van der Waals surface area contributed by atoms with Gasteiger partial charge in [-0.1, -0.05) is 17.3 Å². The molecule has 0 saturated carbocycles. The highest BCUT2D eigenvalue weighted by Gasteiger charge is 2.14. The number of nitrogens with zero attached hydrogens (tertiary/aromatic N) is 3. The van der Waals surface area contributed by atoms with Crippen LogP contribution in [0.15, 0.2) is 53.1 Å². The fourth-order valence-corrected chi connectivity index (χ4v) is 2.19. The van der Waals surface area contributed by atoms with E-state index in [-0.39, 0.29) is 0 Å². The topological polar surface area (TPSA) is 77.4 Å². The molecule has 2 aromatic carbocycles. The van der Waals surface area contributed by atoms with Gasteiger partial charge in [-0.25, -0.2) is 0 Å². The van der Waals surface area contributed by atoms with Crippen molar-refractivity contribution in [1.82, 2.24) is 15.0 Å². The van der Waals surface area contributed by atoms with Gasteiger partial charge in [0, 0.05) is 17.8 Å². The van der Waals surface area contributed by atoms with Crippen LogP contribution in [0.2, 0.25) is 0 Å². The summed E-state index contributed by atoms with van der Waals surface area (Å²) in [5, 5.41) is 4.05. The van der Waals surface area contributed by atoms with Crippen molar-refractivity contribution in [3.05, 3.63) is 48.5 Å². The summed E-state index contributed by atoms with van der Waals surface area (Å²) in [5.74, 6) is 1.68. The van der Waals surface area contributed by atoms with Crippen LogP contribution in [0.5, 0.6) is 5.75 Å². The molecular weight excluding hydrogens is 304 g/mol. The van der Waals surface area contributed by atoms with Crippen molar-refractivity contribution in [2.45, 2.75) is 0 Å². The van der Waals surface area contributed by atoms with Crippen LogP contribution in [0.1, 0.15) is 0 Å². The lowest BCUT2D eigenvalue weighted by Gasteiger charge is -2.12. The van der Waals surface area contributed by atoms with Crippen molar-refractivity contribution in [3.63, 3.8) is 0 Å². The number of rotatable bonds is 6. The Morgan fingerprint density at radius 3 is 2.58 bits per heavy atom. The van der Waals surface area contributed by atoms with Gasteiger partial charge in [0.1, 0.15) is 12.4 Å². The second-order valence-electron chi connectivity index (χ2n) is 5.69. The molecule has 2 N–H and O–H groups in total. The van der Waals surface area contributed by atoms with E-state index in [1.807, 2.05) is 62.6 Å². The van der Waals surface area contributed by atoms with Crippen molar-refractivity contribution in [3.8, 4) is 28.6 Å². The van der Waals surface area contributed by atoms with E-state index in [1.165, 1.54) is 0 Å². The van der Waals surface area contributed by atoms with Crippen LogP contribution < -0.4 is 10.5 Å². The molecule has 6 nitrogen and oxygen atoms in total. The molecule has 1 heterocycles. The molecule has 0 bridgehead atoms. The molecule has 0 saturated heterocycles. The second-order valence-corrected chi connectivity index (χ2v) is 5.69. The van der Waals surface area contributed by atoms with E-state index in [4.69, 9.17) is 15.0 Å². The van der Waals surface area contributed by atoms with Gasteiger partial charge in [-0.15, -0.1) is 0 Å². The maximum Gasteiger partial charge on any atom is 0.262 e. The largest absolute Gasteiger partial charge is 0.491 e. The van der Waals surface area contributed by atoms with E-state index in [0.717, 1.165) is 23.4 Å². The Bertz CT molecular complexity index is 797. The smallest absolute Gasteiger partial charge is 0.262 e. The SMILES string of the molecule is CN(C)CCOc1ccccc1-c1nc(-c2ccc(N)cc2)no1. The molecule has 0 atom stereocenters. The molecule has 0 aliphatic rings. The predicted octanol–water partition coefficient (Wildman–Crippen LogP) is 2.93. The quantitative estimate of drug-likeness (QED) is 0.703. The van der Waals surface area contributed by atoms with Gasteiger partial charge in [0.15, 0.2) is 0 Å². The lowest BCUT2D eigenvalue weighted by Crippen LogP contribution is -2.19. The van der Waals surface area contributed by atoms with Gasteiger partial charge in [0.05, 0.1) is 5.56 Å². The number of para-hydroxylation sites is 1. The van der Waals surface area contributed by atoms with Crippen molar-refractivity contribution < 1.29 is 9.26 Å². The van der Waals surface area contributed by atoms with E-state index >= 15 is 0 Å². The Hall–Kier alpha value is -2.86. The molecule has 124 valence electrons. The van der Waals surface area contributed by atoms with Crippen LogP contribution in [0, 0.1) is 0 Å². The molecule has 0 aliphatic heterocycles. The maximum atomic E-state index is 5.85. The average Bonchev–Trinajstić information content (AvgIpc) is 3.05. The molecule has 0 spiro atoms. The number of anilines is 1. The van der Waals surface area contributed by atoms with Gasteiger partial charge in [-0.2, -0.15) is 4.98 Å². The Balaban J connectivity index is 1.83. The zero-order valence-corrected chi connectivity index (χ0v) is 13.8. The van der Waals surface area contributed by atoms with E-state index < -0.39 is 0 Å². The molecule has 3 aromatic rings. The second kappa shape index (κ2) is 7.14. The predicted molar refractivity (Wildman–Crippen MR) is 93.6 cm³/mol. The Kier molecular flexibility index (Phi) is 4.77. The highest BCUT2D eigenvalue weighted by molar-refractivity contribution is 5.65. The third-order valence-electron chi connectivity index (χ3n) is 3.51. The number of aromatic nitrogens is 2. The summed E-state index contributed by atoms with van der Waals surface area (Å²) in [6.07, 6.45) is 0. The molecule has 3 rings (SSSR count). The van der Waals surface area contributed by atoms with Gasteiger partial charge in [0.2, 0.25) is 5.82 Å². The van der Waals surface area contributed by atoms with Crippen molar-refractivity contribution in [2.24, 2.45) is 0 Å². The zero-order chi connectivity index (χ0) is 16.9. The summed E-state index contributed by atoms with van der Waals surface area (Å²) in [7, 11) is 4.01. The van der Waals surface area contributed by atoms with E-state index in [9.17, 15) is 0 Å². The molecule has 0 unspecified atom stereocenters. The van der Waals surface area contributed by atoms with Crippen molar-refractivity contribution in [2.75, 3.05) is 33.0 Å². The first-order valence-electron chi connectivity index (χ1n) is 7.70. The Morgan fingerprint density at radius 2 is 1.83 bits per heavy atom. The van der Waals surface area contributed by atoms with Crippen LogP contribution >= 0.6 is 0 Å². The average molecular weight is 324 g/mol. The third kappa shape index (κ3) is 3.72. The number of hydrogen-bond donors (Lipinski definition) is 1. The fourth-order valence-electron chi connectivity index (χ4n) is 2.19. The summed E-state index contributed by atoms with van der Waals surface area (Å²) in [6, 6.07) is 15.0. The molecule has 0 amide bonds. The molecule has 0 aliphatic carbocycles. The standard InChI is InChI=1S/C18H20N4O2/c1-22(2)11-12-23-16-6-4-3-5-15(16)18-20-17(21-24-18)13-7-9-14(19)10-8-13/h3-10H,11-12,19H2,1-2H3. The zero-order valence-electron chi connectivity index (χ0n) is 13.8. The van der Waals surface area contributed by atoms with E-state index in [2.05, 4.69) is 15.0 Å². The summed E-state index contributed by atoms with van der Waals surface area (Å²) in [4.78, 5) is 6.54. The van der Waals surface area contributed by atoms with E-state index in [1.54, 1.807) is 0 Å². The maximum absolute atomic E-state index is 5.85. The van der Waals surface area contributed by atoms with Gasteiger partial charge in [0.25, 0.3) is 5.89 Å². The number of nitrogen functional groups attached to an aromatic ring is 1. The number of benzene rings is 2. The summed E-state index contributed by atoms with van der Waals surface area (Å²) < 4.78 is 11.3. The van der Waals surface area contributed by atoms with Crippen molar-refractivity contribution >= 4 is 5.69 Å². The van der Waals surface area contributed by atoms with Crippen LogP contribution in [-0.4, -0.2) is 42.3 Å². The monoisotopic (exact) mass is 324 g/mol. The van der Waals surface area contributed by atoms with Gasteiger partial charge >= 0.3 is 0 Å². The van der Waals surface area contributed by atoms with Gasteiger partial charge < -0.3 is 19.9 Å². The van der Waals surface area contributed by atoms with Crippen LogP contribution in [0.25, 0.3) is 22.8 Å². The summed E-state index contributed by atoms with van der Waals surface area (Å²) in [5.41, 5.74) is 8.04. The first-order valence-corrected chi connectivity index (χ1v) is 7.70. The number of likely N-dealkylation sites (N-methyl/N-ethyl adjacent to an activating group) is 1. The van der Waals surface area contributed by atoms with Crippen molar-refractivity contribution in [1.29, 1.82) is 0 Å². The highest BCUT2D eigenvalue weighted by Crippen LogP contribution is 2.30. The molecule has 1 aromatic heterocycles. The van der Waals surface area contributed by atoms with Gasteiger partial charge in [-0.05, 0) is 50.5 Å². The molecule has 6 heteroatoms. The minimum absolute atomic E-state index is 0.433. The first-order chi connectivity index (χ1) is 11.6. The molecule has 0 fully saturated rings. The summed E-state index contributed by atoms with van der Waals surface area (Å²) >= 11 is 0. The highest BCUT2D eigenvalue weighted by atomic mass is 16.5. The molecule has 24 heavy (non-hydrogen) atoms. The molecular formula is C18H20N4O2. The fraction of sp³-hybridized carbons (Fsp3) is 0.222. The van der Waals surface area contributed by atoms with E-state index in [0.29, 0.717) is 24.0 Å². The lowest BCUT2D eigenvalue weighted by molar-refractivity contribution is 0.261. The molecule has 0 radical (unpaired) electrons. The van der Waals surface area contributed by atoms with Crippen LogP contribution in [0.3, 0.4) is 0 Å². The minimum atomic E-state index is 0.433. The lowest BCUT2D eigenvalue weighted by atomic mass is 10.2. The first kappa shape index (κ1) is 16.0. The third-order valence-corrected chi connectivity index (χ3v) is 3.51. The Morgan fingerprint density at radius 1 is 1.08 bits per heavy atom. The summed E-state index contributed by atoms with van der Waals surface area (Å²) in [6.45, 7) is 1.41. The number of nitrogens with two attached hydrogens (primary N) is 1. The van der Waals surface area contributed by atoms with Crippen LogP contribution in [-0.2, 0) is 0 Å². The normalized spacial score (nSPS) is 11.0. The number of hydrogen-bond acceptors (Lipinski definition) is 6. The number of ether oxygens (including phenoxy) is 1. The Labute approximate surface area is 140 Å². The minimum Gasteiger partial charge on any atom is -0.491 e. The van der Waals surface area contributed by atoms with Gasteiger partial charge in [-0.3, -0.25) is 0 Å². The van der Waals surface area contributed by atoms with Crippen LogP contribution in [0.4, 0.5) is 5.69 Å².